The Labute approximate surface area is 106 Å². The van der Waals surface area contributed by atoms with Crippen molar-refractivity contribution in [2.24, 2.45) is 5.92 Å². The zero-order chi connectivity index (χ0) is 13.6. The summed E-state index contributed by atoms with van der Waals surface area (Å²) in [7, 11) is -2.22. The molecule has 1 rings (SSSR count). The number of carbonyl (C=O) groups is 1. The number of rotatable bonds is 7. The molecule has 0 unspecified atom stereocenters. The first kappa shape index (κ1) is 15.3. The van der Waals surface area contributed by atoms with Gasteiger partial charge in [-0.25, -0.2) is 0 Å². The standard InChI is InChI=1S/C9H18N2O6S/c1-16-6-7-17-10-18(14,15)11-4-2-8(3-5-11)9(12)13/h8,10H,2-7H2,1H3,(H,12,13). The van der Waals surface area contributed by atoms with Crippen LogP contribution < -0.4 is 4.89 Å². The number of methoxy groups -OCH3 is 1. The summed E-state index contributed by atoms with van der Waals surface area (Å²) in [6.45, 7) is 0.755. The molecule has 2 N–H and O–H groups in total. The van der Waals surface area contributed by atoms with Crippen LogP contribution in [0.4, 0.5) is 0 Å². The van der Waals surface area contributed by atoms with Gasteiger partial charge in [0.15, 0.2) is 0 Å². The summed E-state index contributed by atoms with van der Waals surface area (Å²) in [5, 5.41) is 8.81. The Morgan fingerprint density at radius 1 is 1.39 bits per heavy atom. The molecule has 0 bridgehead atoms. The molecule has 0 atom stereocenters. The van der Waals surface area contributed by atoms with Gasteiger partial charge in [-0.15, -0.1) is 0 Å². The van der Waals surface area contributed by atoms with Crippen LogP contribution in [-0.2, 0) is 24.6 Å². The molecule has 0 aromatic heterocycles. The summed E-state index contributed by atoms with van der Waals surface area (Å²) in [6.07, 6.45) is 0.628. The molecule has 1 saturated heterocycles. The molecule has 9 heteroatoms. The van der Waals surface area contributed by atoms with Crippen LogP contribution in [0.1, 0.15) is 12.8 Å². The third kappa shape index (κ3) is 4.50. The van der Waals surface area contributed by atoms with E-state index in [1.54, 1.807) is 0 Å². The largest absolute Gasteiger partial charge is 0.481 e. The van der Waals surface area contributed by atoms with Gasteiger partial charge in [-0.05, 0) is 12.8 Å². The maximum atomic E-state index is 11.7. The maximum absolute atomic E-state index is 11.7. The zero-order valence-corrected chi connectivity index (χ0v) is 11.0. The second kappa shape index (κ2) is 7.00. The molecule has 1 aliphatic heterocycles. The molecule has 0 aromatic rings. The van der Waals surface area contributed by atoms with Crippen molar-refractivity contribution < 1.29 is 27.9 Å². The van der Waals surface area contributed by atoms with Crippen LogP contribution in [0, 0.1) is 5.92 Å². The lowest BCUT2D eigenvalue weighted by atomic mass is 9.99. The van der Waals surface area contributed by atoms with Gasteiger partial charge in [-0.3, -0.25) is 9.63 Å². The molecule has 106 valence electrons. The minimum atomic E-state index is -3.70. The molecule has 8 nitrogen and oxygen atoms in total. The van der Waals surface area contributed by atoms with E-state index in [1.807, 2.05) is 4.89 Å². The highest BCUT2D eigenvalue weighted by Crippen LogP contribution is 2.18. The van der Waals surface area contributed by atoms with Gasteiger partial charge in [0, 0.05) is 20.2 Å². The van der Waals surface area contributed by atoms with Gasteiger partial charge in [-0.1, -0.05) is 4.89 Å². The number of aliphatic carboxylic acids is 1. The summed E-state index contributed by atoms with van der Waals surface area (Å²) in [4.78, 5) is 17.5. The van der Waals surface area contributed by atoms with Crippen LogP contribution in [0.15, 0.2) is 0 Å². The molecular formula is C9H18N2O6S. The number of ether oxygens (including phenoxy) is 1. The normalized spacial score (nSPS) is 18.9. The van der Waals surface area contributed by atoms with Gasteiger partial charge in [0.05, 0.1) is 19.1 Å². The van der Waals surface area contributed by atoms with E-state index in [4.69, 9.17) is 14.7 Å². The smallest absolute Gasteiger partial charge is 0.306 e. The summed E-state index contributed by atoms with van der Waals surface area (Å²) in [6, 6.07) is 0. The number of piperidine rings is 1. The SMILES string of the molecule is COCCONS(=O)(=O)N1CCC(C(=O)O)CC1. The van der Waals surface area contributed by atoms with Crippen LogP contribution in [0.2, 0.25) is 0 Å². The molecule has 0 radical (unpaired) electrons. The summed E-state index contributed by atoms with van der Waals surface area (Å²) in [5.41, 5.74) is 0. The number of carboxylic acid groups (broad SMARTS) is 1. The minimum absolute atomic E-state index is 0.112. The van der Waals surface area contributed by atoms with Crippen molar-refractivity contribution >= 4 is 16.2 Å². The lowest BCUT2D eigenvalue weighted by Gasteiger charge is -2.28. The first-order valence-corrected chi connectivity index (χ1v) is 7.02. The molecule has 0 amide bonds. The third-order valence-corrected chi connectivity index (χ3v) is 4.07. The highest BCUT2D eigenvalue weighted by molar-refractivity contribution is 7.87. The number of hydrogen-bond donors (Lipinski definition) is 2. The van der Waals surface area contributed by atoms with Gasteiger partial charge < -0.3 is 9.84 Å². The molecule has 0 aromatic carbocycles. The van der Waals surface area contributed by atoms with E-state index in [0.29, 0.717) is 12.8 Å². The highest BCUT2D eigenvalue weighted by atomic mass is 32.2. The summed E-state index contributed by atoms with van der Waals surface area (Å²) in [5.74, 6) is -1.35. The van der Waals surface area contributed by atoms with E-state index in [0.717, 1.165) is 0 Å². The van der Waals surface area contributed by atoms with E-state index in [-0.39, 0.29) is 26.3 Å². The summed E-state index contributed by atoms with van der Waals surface area (Å²) >= 11 is 0. The van der Waals surface area contributed by atoms with Crippen molar-refractivity contribution in [3.05, 3.63) is 0 Å². The van der Waals surface area contributed by atoms with Gasteiger partial charge in [-0.2, -0.15) is 12.7 Å². The predicted molar refractivity (Wildman–Crippen MR) is 61.8 cm³/mol. The molecule has 1 heterocycles. The molecule has 0 saturated carbocycles. The Morgan fingerprint density at radius 3 is 2.50 bits per heavy atom. The lowest BCUT2D eigenvalue weighted by Crippen LogP contribution is -2.46. The highest BCUT2D eigenvalue weighted by Gasteiger charge is 2.30. The first-order chi connectivity index (χ1) is 8.47. The lowest BCUT2D eigenvalue weighted by molar-refractivity contribution is -0.142. The van der Waals surface area contributed by atoms with Crippen molar-refractivity contribution in [1.29, 1.82) is 0 Å². The summed E-state index contributed by atoms with van der Waals surface area (Å²) < 4.78 is 29.3. The van der Waals surface area contributed by atoms with Gasteiger partial charge in [0.25, 0.3) is 0 Å². The van der Waals surface area contributed by atoms with Crippen LogP contribution >= 0.6 is 0 Å². The van der Waals surface area contributed by atoms with Crippen molar-refractivity contribution in [3.8, 4) is 0 Å². The van der Waals surface area contributed by atoms with Crippen LogP contribution in [0.25, 0.3) is 0 Å². The molecular weight excluding hydrogens is 264 g/mol. The Morgan fingerprint density at radius 2 is 2.00 bits per heavy atom. The third-order valence-electron chi connectivity index (χ3n) is 2.70. The van der Waals surface area contributed by atoms with E-state index in [2.05, 4.69) is 0 Å². The average Bonchev–Trinajstić information content (AvgIpc) is 2.35. The number of nitrogens with zero attached hydrogens (tertiary/aromatic N) is 1. The molecule has 0 aliphatic carbocycles. The fourth-order valence-corrected chi connectivity index (χ4v) is 2.67. The van der Waals surface area contributed by atoms with Crippen molar-refractivity contribution in [2.75, 3.05) is 33.4 Å². The van der Waals surface area contributed by atoms with E-state index >= 15 is 0 Å². The van der Waals surface area contributed by atoms with E-state index in [1.165, 1.54) is 11.4 Å². The Hall–Kier alpha value is -0.740. The maximum Gasteiger partial charge on any atom is 0.306 e. The Kier molecular flexibility index (Phi) is 5.96. The zero-order valence-electron chi connectivity index (χ0n) is 10.2. The Bertz CT molecular complexity index is 363. The fourth-order valence-electron chi connectivity index (χ4n) is 1.64. The number of nitrogens with one attached hydrogen (secondary N) is 1. The minimum Gasteiger partial charge on any atom is -0.481 e. The van der Waals surface area contributed by atoms with Crippen molar-refractivity contribution in [2.45, 2.75) is 12.8 Å². The second-order valence-corrected chi connectivity index (χ2v) is 5.57. The van der Waals surface area contributed by atoms with E-state index in [9.17, 15) is 13.2 Å². The fraction of sp³-hybridized carbons (Fsp3) is 0.889. The van der Waals surface area contributed by atoms with Crippen LogP contribution in [-0.4, -0.2) is 57.2 Å². The number of carboxylic acids is 1. The second-order valence-electron chi connectivity index (χ2n) is 3.94. The quantitative estimate of drug-likeness (QED) is 0.467. The van der Waals surface area contributed by atoms with E-state index < -0.39 is 22.1 Å². The van der Waals surface area contributed by atoms with Crippen LogP contribution in [0.5, 0.6) is 0 Å². The first-order valence-electron chi connectivity index (χ1n) is 5.58. The molecule has 1 fully saturated rings. The van der Waals surface area contributed by atoms with Gasteiger partial charge in [0.1, 0.15) is 0 Å². The molecule has 1 aliphatic rings. The Balaban J connectivity index is 2.38. The van der Waals surface area contributed by atoms with Crippen molar-refractivity contribution in [1.82, 2.24) is 9.19 Å². The monoisotopic (exact) mass is 282 g/mol. The predicted octanol–water partition coefficient (Wildman–Crippen LogP) is -0.805. The van der Waals surface area contributed by atoms with Gasteiger partial charge in [0.2, 0.25) is 0 Å². The molecule has 0 spiro atoms. The topological polar surface area (TPSA) is 105 Å². The number of hydrogen-bond acceptors (Lipinski definition) is 5. The van der Waals surface area contributed by atoms with Crippen LogP contribution in [0.3, 0.4) is 0 Å². The average molecular weight is 282 g/mol. The molecule has 18 heavy (non-hydrogen) atoms. The van der Waals surface area contributed by atoms with Gasteiger partial charge >= 0.3 is 16.2 Å². The van der Waals surface area contributed by atoms with Crippen molar-refractivity contribution in [3.63, 3.8) is 0 Å².